The van der Waals surface area contributed by atoms with Crippen LogP contribution in [0.2, 0.25) is 0 Å². The van der Waals surface area contributed by atoms with E-state index in [0.717, 1.165) is 11.3 Å². The van der Waals surface area contributed by atoms with E-state index in [9.17, 15) is 9.18 Å². The summed E-state index contributed by atoms with van der Waals surface area (Å²) in [6.45, 7) is 1.91. The van der Waals surface area contributed by atoms with Crippen LogP contribution in [0, 0.1) is 12.7 Å². The molecule has 0 spiro atoms. The molecule has 0 saturated heterocycles. The van der Waals surface area contributed by atoms with Crippen molar-refractivity contribution in [3.05, 3.63) is 40.7 Å². The molecule has 0 bridgehead atoms. The maximum absolute atomic E-state index is 13.7. The predicted molar refractivity (Wildman–Crippen MR) is 72.6 cm³/mol. The van der Waals surface area contributed by atoms with Crippen LogP contribution in [0.5, 0.6) is 0 Å². The lowest BCUT2D eigenvalue weighted by molar-refractivity contribution is -0.140. The molecule has 2 aromatic rings. The first-order valence-corrected chi connectivity index (χ1v) is 6.76. The molecule has 0 aliphatic carbocycles. The van der Waals surface area contributed by atoms with Gasteiger partial charge in [-0.3, -0.25) is 4.79 Å². The van der Waals surface area contributed by atoms with E-state index in [1.807, 2.05) is 12.3 Å². The fourth-order valence-electron chi connectivity index (χ4n) is 1.68. The molecule has 0 atom stereocenters. The molecule has 0 aliphatic rings. The summed E-state index contributed by atoms with van der Waals surface area (Å²) >= 11 is 1.38. The van der Waals surface area contributed by atoms with Crippen molar-refractivity contribution in [2.24, 2.45) is 0 Å². The molecule has 1 aromatic heterocycles. The third-order valence-corrected chi connectivity index (χ3v) is 3.64. The van der Waals surface area contributed by atoms with E-state index >= 15 is 0 Å². The van der Waals surface area contributed by atoms with Crippen LogP contribution in [0.25, 0.3) is 10.6 Å². The lowest BCUT2D eigenvalue weighted by Crippen LogP contribution is -2.01. The van der Waals surface area contributed by atoms with Crippen molar-refractivity contribution in [2.45, 2.75) is 19.8 Å². The first kappa shape index (κ1) is 13.7. The molecule has 0 aliphatic heterocycles. The maximum atomic E-state index is 13.7. The van der Waals surface area contributed by atoms with Crippen LogP contribution in [0.3, 0.4) is 0 Å². The second kappa shape index (κ2) is 5.93. The zero-order chi connectivity index (χ0) is 13.8. The van der Waals surface area contributed by atoms with Gasteiger partial charge in [-0.1, -0.05) is 11.6 Å². The van der Waals surface area contributed by atoms with Crippen LogP contribution in [0.1, 0.15) is 17.7 Å². The average Bonchev–Trinajstić information content (AvgIpc) is 2.87. The van der Waals surface area contributed by atoms with Gasteiger partial charge in [0.15, 0.2) is 0 Å². The van der Waals surface area contributed by atoms with Crippen molar-refractivity contribution in [1.82, 2.24) is 4.98 Å². The minimum Gasteiger partial charge on any atom is -0.469 e. The molecule has 0 fully saturated rings. The quantitative estimate of drug-likeness (QED) is 0.806. The van der Waals surface area contributed by atoms with Crippen LogP contribution >= 0.6 is 11.3 Å². The lowest BCUT2D eigenvalue weighted by atomic mass is 10.1. The topological polar surface area (TPSA) is 39.2 Å². The van der Waals surface area contributed by atoms with Crippen LogP contribution in [0.15, 0.2) is 23.6 Å². The monoisotopic (exact) mass is 279 g/mol. The summed E-state index contributed by atoms with van der Waals surface area (Å²) < 4.78 is 18.3. The Balaban J connectivity index is 2.16. The Morgan fingerprint density at radius 1 is 1.47 bits per heavy atom. The summed E-state index contributed by atoms with van der Waals surface area (Å²) in [5.41, 5.74) is 2.28. The summed E-state index contributed by atoms with van der Waals surface area (Å²) in [5, 5.41) is 2.49. The van der Waals surface area contributed by atoms with Gasteiger partial charge in [0.2, 0.25) is 0 Å². The first-order chi connectivity index (χ1) is 9.10. The highest BCUT2D eigenvalue weighted by Crippen LogP contribution is 2.27. The van der Waals surface area contributed by atoms with E-state index in [0.29, 0.717) is 17.0 Å². The van der Waals surface area contributed by atoms with Crippen LogP contribution in [-0.2, 0) is 16.0 Å². The third-order valence-electron chi connectivity index (χ3n) is 2.72. The number of thiazole rings is 1. The van der Waals surface area contributed by atoms with Crippen molar-refractivity contribution in [2.75, 3.05) is 7.11 Å². The van der Waals surface area contributed by atoms with Crippen molar-refractivity contribution in [3.8, 4) is 10.6 Å². The van der Waals surface area contributed by atoms with E-state index in [1.54, 1.807) is 12.1 Å². The van der Waals surface area contributed by atoms with Crippen LogP contribution in [-0.4, -0.2) is 18.1 Å². The summed E-state index contributed by atoms with van der Waals surface area (Å²) in [5.74, 6) is -0.546. The fourth-order valence-corrected chi connectivity index (χ4v) is 2.55. The minimum absolute atomic E-state index is 0.267. The largest absolute Gasteiger partial charge is 0.469 e. The smallest absolute Gasteiger partial charge is 0.305 e. The number of esters is 1. The zero-order valence-corrected chi connectivity index (χ0v) is 11.6. The van der Waals surface area contributed by atoms with Crippen molar-refractivity contribution < 1.29 is 13.9 Å². The normalized spacial score (nSPS) is 10.5. The van der Waals surface area contributed by atoms with E-state index in [2.05, 4.69) is 9.72 Å². The molecular weight excluding hydrogens is 265 g/mol. The van der Waals surface area contributed by atoms with Gasteiger partial charge < -0.3 is 4.74 Å². The molecule has 0 unspecified atom stereocenters. The van der Waals surface area contributed by atoms with Crippen molar-refractivity contribution in [1.29, 1.82) is 0 Å². The van der Waals surface area contributed by atoms with E-state index in [-0.39, 0.29) is 18.2 Å². The standard InChI is InChI=1S/C14H14FNO2S/c1-9-3-5-12(15)11(7-9)14-16-10(8-19-14)4-6-13(17)18-2/h3,5,7-8H,4,6H2,1-2H3. The SMILES string of the molecule is COC(=O)CCc1csc(-c2cc(C)ccc2F)n1. The van der Waals surface area contributed by atoms with Crippen LogP contribution in [0.4, 0.5) is 4.39 Å². The van der Waals surface area contributed by atoms with E-state index < -0.39 is 0 Å². The van der Waals surface area contributed by atoms with Gasteiger partial charge in [0.1, 0.15) is 10.8 Å². The molecule has 0 N–H and O–H groups in total. The minimum atomic E-state index is -0.278. The van der Waals surface area contributed by atoms with Gasteiger partial charge in [-0.2, -0.15) is 0 Å². The maximum Gasteiger partial charge on any atom is 0.305 e. The van der Waals surface area contributed by atoms with Gasteiger partial charge >= 0.3 is 5.97 Å². The molecule has 19 heavy (non-hydrogen) atoms. The third kappa shape index (κ3) is 3.38. The number of hydrogen-bond donors (Lipinski definition) is 0. The summed E-state index contributed by atoms with van der Waals surface area (Å²) in [7, 11) is 1.36. The Morgan fingerprint density at radius 3 is 3.00 bits per heavy atom. The van der Waals surface area contributed by atoms with Gasteiger partial charge in [-0.25, -0.2) is 9.37 Å². The first-order valence-electron chi connectivity index (χ1n) is 5.88. The summed E-state index contributed by atoms with van der Waals surface area (Å²) in [6, 6.07) is 4.95. The number of ether oxygens (including phenoxy) is 1. The Labute approximate surface area is 115 Å². The van der Waals surface area contributed by atoms with Crippen LogP contribution < -0.4 is 0 Å². The number of aromatic nitrogens is 1. The second-order valence-corrected chi connectivity index (χ2v) is 5.06. The van der Waals surface area contributed by atoms with Gasteiger partial charge in [-0.15, -0.1) is 11.3 Å². The fraction of sp³-hybridized carbons (Fsp3) is 0.286. The van der Waals surface area contributed by atoms with Gasteiger partial charge in [-0.05, 0) is 19.1 Å². The Morgan fingerprint density at radius 2 is 2.26 bits per heavy atom. The Kier molecular flexibility index (Phi) is 4.27. The molecule has 0 saturated carbocycles. The number of benzene rings is 1. The van der Waals surface area contributed by atoms with Crippen molar-refractivity contribution >= 4 is 17.3 Å². The molecule has 1 heterocycles. The molecule has 0 amide bonds. The lowest BCUT2D eigenvalue weighted by Gasteiger charge is -2.00. The number of hydrogen-bond acceptors (Lipinski definition) is 4. The number of nitrogens with zero attached hydrogens (tertiary/aromatic N) is 1. The Bertz CT molecular complexity index is 595. The second-order valence-electron chi connectivity index (χ2n) is 4.20. The molecule has 3 nitrogen and oxygen atoms in total. The molecular formula is C14H14FNO2S. The molecule has 0 radical (unpaired) electrons. The molecule has 1 aromatic carbocycles. The van der Waals surface area contributed by atoms with Gasteiger partial charge in [0, 0.05) is 17.4 Å². The van der Waals surface area contributed by atoms with E-state index in [1.165, 1.54) is 24.5 Å². The molecule has 100 valence electrons. The summed E-state index contributed by atoms with van der Waals surface area (Å²) in [6.07, 6.45) is 0.798. The predicted octanol–water partition coefficient (Wildman–Crippen LogP) is 3.36. The molecule has 2 rings (SSSR count). The highest BCUT2D eigenvalue weighted by atomic mass is 32.1. The number of rotatable bonds is 4. The highest BCUT2D eigenvalue weighted by Gasteiger charge is 2.11. The Hall–Kier alpha value is -1.75. The number of methoxy groups -OCH3 is 1. The highest BCUT2D eigenvalue weighted by molar-refractivity contribution is 7.13. The molecule has 5 heteroatoms. The van der Waals surface area contributed by atoms with Gasteiger partial charge in [0.05, 0.1) is 19.2 Å². The van der Waals surface area contributed by atoms with Crippen molar-refractivity contribution in [3.63, 3.8) is 0 Å². The number of halogens is 1. The summed E-state index contributed by atoms with van der Waals surface area (Å²) in [4.78, 5) is 15.4. The number of aryl methyl sites for hydroxylation is 2. The average molecular weight is 279 g/mol. The zero-order valence-electron chi connectivity index (χ0n) is 10.8. The van der Waals surface area contributed by atoms with E-state index in [4.69, 9.17) is 0 Å². The number of carbonyl (C=O) groups is 1. The van der Waals surface area contributed by atoms with Gasteiger partial charge in [0.25, 0.3) is 0 Å². The number of carbonyl (C=O) groups excluding carboxylic acids is 1.